The average molecular weight is 302 g/mol. The minimum Gasteiger partial charge on any atom is -0.370 e. The van der Waals surface area contributed by atoms with Crippen molar-refractivity contribution in [1.82, 2.24) is 4.98 Å². The van der Waals surface area contributed by atoms with Crippen LogP contribution in [0, 0.1) is 0 Å². The molecule has 1 aromatic carbocycles. The van der Waals surface area contributed by atoms with E-state index in [0.29, 0.717) is 0 Å². The molecule has 0 bridgehead atoms. The number of nitrogens with zero attached hydrogens (tertiary/aromatic N) is 2. The molecule has 0 aliphatic carbocycles. The lowest BCUT2D eigenvalue weighted by atomic mass is 10.0. The second kappa shape index (κ2) is 6.46. The van der Waals surface area contributed by atoms with Gasteiger partial charge in [0.05, 0.1) is 16.8 Å². The lowest BCUT2D eigenvalue weighted by Gasteiger charge is -2.30. The largest absolute Gasteiger partial charge is 0.370 e. The van der Waals surface area contributed by atoms with Crippen LogP contribution >= 0.6 is 11.6 Å². The first kappa shape index (κ1) is 14.4. The molecule has 3 rings (SSSR count). The van der Waals surface area contributed by atoms with E-state index in [2.05, 4.69) is 22.0 Å². The summed E-state index contributed by atoms with van der Waals surface area (Å²) in [5, 5.41) is 0.786. The van der Waals surface area contributed by atoms with Crippen molar-refractivity contribution >= 4 is 17.3 Å². The predicted molar refractivity (Wildman–Crippen MR) is 87.8 cm³/mol. The third kappa shape index (κ3) is 3.20. The molecule has 0 amide bonds. The van der Waals surface area contributed by atoms with Gasteiger partial charge in [0.1, 0.15) is 0 Å². The second-order valence-corrected chi connectivity index (χ2v) is 5.93. The fourth-order valence-electron chi connectivity index (χ4n) is 2.86. The Morgan fingerprint density at radius 2 is 1.90 bits per heavy atom. The van der Waals surface area contributed by atoms with E-state index in [1.165, 1.54) is 19.3 Å². The molecule has 0 saturated carbocycles. The number of halogens is 1. The molecule has 1 fully saturated rings. The molecular formula is C17H20ClN3. The quantitative estimate of drug-likeness (QED) is 0.938. The van der Waals surface area contributed by atoms with Crippen LogP contribution in [0.5, 0.6) is 0 Å². The highest BCUT2D eigenvalue weighted by atomic mass is 35.5. The molecule has 1 aliphatic rings. The van der Waals surface area contributed by atoms with Crippen LogP contribution in [0.15, 0.2) is 42.7 Å². The van der Waals surface area contributed by atoms with E-state index in [1.54, 1.807) is 12.4 Å². The van der Waals surface area contributed by atoms with Crippen molar-refractivity contribution in [3.05, 3.63) is 58.9 Å². The lowest BCUT2D eigenvalue weighted by molar-refractivity contribution is 0.578. The van der Waals surface area contributed by atoms with Gasteiger partial charge in [-0.25, -0.2) is 0 Å². The van der Waals surface area contributed by atoms with Crippen LogP contribution < -0.4 is 10.6 Å². The molecule has 2 heterocycles. The molecule has 110 valence electrons. The van der Waals surface area contributed by atoms with Gasteiger partial charge in [0.25, 0.3) is 0 Å². The van der Waals surface area contributed by atoms with E-state index >= 15 is 0 Å². The molecule has 2 aromatic rings. The number of aromatic nitrogens is 1. The van der Waals surface area contributed by atoms with Crippen molar-refractivity contribution in [3.8, 4) is 0 Å². The molecular weight excluding hydrogens is 282 g/mol. The number of rotatable bonds is 3. The lowest BCUT2D eigenvalue weighted by Crippen LogP contribution is -2.29. The van der Waals surface area contributed by atoms with Crippen LogP contribution in [0.3, 0.4) is 0 Å². The smallest absolute Gasteiger partial charge is 0.0643 e. The van der Waals surface area contributed by atoms with E-state index in [4.69, 9.17) is 17.3 Å². The first-order valence-electron chi connectivity index (χ1n) is 7.45. The third-order valence-electron chi connectivity index (χ3n) is 4.07. The molecule has 0 spiro atoms. The third-order valence-corrected chi connectivity index (χ3v) is 4.37. The van der Waals surface area contributed by atoms with Gasteiger partial charge in [0, 0.05) is 25.5 Å². The first-order valence-corrected chi connectivity index (χ1v) is 7.83. The standard InChI is InChI=1S/C17H20ClN3/c18-15-11-13(17(19)14-5-4-8-20-12-14)6-7-16(15)21-9-2-1-3-10-21/h4-8,11-12,17H,1-3,9-10,19H2. The normalized spacial score (nSPS) is 16.8. The average Bonchev–Trinajstić information content (AvgIpc) is 2.55. The molecule has 3 nitrogen and oxygen atoms in total. The summed E-state index contributed by atoms with van der Waals surface area (Å²) in [6, 6.07) is 9.87. The maximum Gasteiger partial charge on any atom is 0.0643 e. The Morgan fingerprint density at radius 1 is 1.10 bits per heavy atom. The Balaban J connectivity index is 1.83. The van der Waals surface area contributed by atoms with Crippen molar-refractivity contribution in [2.24, 2.45) is 5.73 Å². The monoisotopic (exact) mass is 301 g/mol. The molecule has 1 saturated heterocycles. The van der Waals surface area contributed by atoms with Gasteiger partial charge in [-0.15, -0.1) is 0 Å². The SMILES string of the molecule is NC(c1cccnc1)c1ccc(N2CCCCC2)c(Cl)c1. The summed E-state index contributed by atoms with van der Waals surface area (Å²) in [6.07, 6.45) is 7.36. The van der Waals surface area contributed by atoms with Crippen molar-refractivity contribution in [3.63, 3.8) is 0 Å². The highest BCUT2D eigenvalue weighted by molar-refractivity contribution is 6.33. The van der Waals surface area contributed by atoms with Crippen LogP contribution in [0.4, 0.5) is 5.69 Å². The number of hydrogen-bond acceptors (Lipinski definition) is 3. The zero-order valence-electron chi connectivity index (χ0n) is 12.0. The number of benzene rings is 1. The van der Waals surface area contributed by atoms with E-state index in [1.807, 2.05) is 18.2 Å². The van der Waals surface area contributed by atoms with Gasteiger partial charge >= 0.3 is 0 Å². The maximum atomic E-state index is 6.48. The van der Waals surface area contributed by atoms with E-state index in [9.17, 15) is 0 Å². The van der Waals surface area contributed by atoms with Gasteiger partial charge in [-0.1, -0.05) is 23.7 Å². The van der Waals surface area contributed by atoms with Gasteiger partial charge in [-0.2, -0.15) is 0 Å². The highest BCUT2D eigenvalue weighted by Gasteiger charge is 2.16. The van der Waals surface area contributed by atoms with Gasteiger partial charge in [0.15, 0.2) is 0 Å². The predicted octanol–water partition coefficient (Wildman–Crippen LogP) is 3.77. The highest BCUT2D eigenvalue weighted by Crippen LogP contribution is 2.31. The molecule has 2 N–H and O–H groups in total. The summed E-state index contributed by atoms with van der Waals surface area (Å²) in [4.78, 5) is 6.49. The summed E-state index contributed by atoms with van der Waals surface area (Å²) >= 11 is 6.48. The zero-order valence-corrected chi connectivity index (χ0v) is 12.8. The Kier molecular flexibility index (Phi) is 4.42. The van der Waals surface area contributed by atoms with E-state index in [0.717, 1.165) is 34.9 Å². The van der Waals surface area contributed by atoms with Crippen LogP contribution in [0.2, 0.25) is 5.02 Å². The summed E-state index contributed by atoms with van der Waals surface area (Å²) < 4.78 is 0. The van der Waals surface area contributed by atoms with Gasteiger partial charge < -0.3 is 10.6 Å². The topological polar surface area (TPSA) is 42.1 Å². The second-order valence-electron chi connectivity index (χ2n) is 5.52. The molecule has 4 heteroatoms. The molecule has 1 unspecified atom stereocenters. The Labute approximate surface area is 130 Å². The molecule has 1 aromatic heterocycles. The van der Waals surface area contributed by atoms with Crippen LogP contribution in [0.25, 0.3) is 0 Å². The Bertz CT molecular complexity index is 594. The Morgan fingerprint density at radius 3 is 2.57 bits per heavy atom. The number of pyridine rings is 1. The minimum absolute atomic E-state index is 0.188. The van der Waals surface area contributed by atoms with Crippen LogP contribution in [-0.2, 0) is 0 Å². The van der Waals surface area contributed by atoms with Crippen molar-refractivity contribution in [1.29, 1.82) is 0 Å². The van der Waals surface area contributed by atoms with Crippen LogP contribution in [0.1, 0.15) is 36.4 Å². The number of piperidine rings is 1. The van der Waals surface area contributed by atoms with Crippen LogP contribution in [-0.4, -0.2) is 18.1 Å². The van der Waals surface area contributed by atoms with Gasteiger partial charge in [-0.05, 0) is 48.6 Å². The van der Waals surface area contributed by atoms with Gasteiger partial charge in [-0.3, -0.25) is 4.98 Å². The fourth-order valence-corrected chi connectivity index (χ4v) is 3.17. The molecule has 0 radical (unpaired) electrons. The number of anilines is 1. The summed E-state index contributed by atoms with van der Waals surface area (Å²) in [6.45, 7) is 2.18. The Hall–Kier alpha value is -1.58. The van der Waals surface area contributed by atoms with E-state index in [-0.39, 0.29) is 6.04 Å². The van der Waals surface area contributed by atoms with Gasteiger partial charge in [0.2, 0.25) is 0 Å². The number of hydrogen-bond donors (Lipinski definition) is 1. The van der Waals surface area contributed by atoms with Crippen molar-refractivity contribution in [2.75, 3.05) is 18.0 Å². The molecule has 1 aliphatic heterocycles. The van der Waals surface area contributed by atoms with Crippen molar-refractivity contribution in [2.45, 2.75) is 25.3 Å². The fraction of sp³-hybridized carbons (Fsp3) is 0.353. The first-order chi connectivity index (χ1) is 10.3. The summed E-state index contributed by atoms with van der Waals surface area (Å²) in [5.41, 5.74) is 9.45. The molecule has 21 heavy (non-hydrogen) atoms. The number of nitrogens with two attached hydrogens (primary N) is 1. The zero-order chi connectivity index (χ0) is 14.7. The maximum absolute atomic E-state index is 6.48. The summed E-state index contributed by atoms with van der Waals surface area (Å²) in [5.74, 6) is 0. The van der Waals surface area contributed by atoms with Crippen molar-refractivity contribution < 1.29 is 0 Å². The summed E-state index contributed by atoms with van der Waals surface area (Å²) in [7, 11) is 0. The van der Waals surface area contributed by atoms with E-state index < -0.39 is 0 Å². The minimum atomic E-state index is -0.188. The molecule has 1 atom stereocenters.